The van der Waals surface area contributed by atoms with Crippen molar-refractivity contribution in [3.05, 3.63) is 89.0 Å². The number of aliphatic imine (C=N–C) groups is 1. The van der Waals surface area contributed by atoms with Crippen LogP contribution in [0.5, 0.6) is 17.2 Å². The van der Waals surface area contributed by atoms with Crippen molar-refractivity contribution < 1.29 is 14.2 Å². The van der Waals surface area contributed by atoms with Crippen LogP contribution >= 0.6 is 0 Å². The predicted molar refractivity (Wildman–Crippen MR) is 132 cm³/mol. The summed E-state index contributed by atoms with van der Waals surface area (Å²) >= 11 is 0. The van der Waals surface area contributed by atoms with E-state index in [2.05, 4.69) is 60.7 Å². The molecule has 170 valence electrons. The number of hydrogen-bond acceptors (Lipinski definition) is 4. The number of hydrogen-bond donors (Lipinski definition) is 0. The summed E-state index contributed by atoms with van der Waals surface area (Å²) in [5, 5.41) is 0. The Hall–Kier alpha value is -3.27. The molecule has 1 fully saturated rings. The largest absolute Gasteiger partial charge is 0.493 e. The third-order valence-electron chi connectivity index (χ3n) is 7.02. The van der Waals surface area contributed by atoms with Crippen molar-refractivity contribution >= 4 is 6.21 Å². The van der Waals surface area contributed by atoms with Crippen LogP contribution in [0.25, 0.3) is 0 Å². The fourth-order valence-electron chi connectivity index (χ4n) is 5.37. The molecule has 0 saturated heterocycles. The van der Waals surface area contributed by atoms with Crippen LogP contribution in [0.1, 0.15) is 53.4 Å². The molecular formula is C29H31NO3. The molecule has 1 aliphatic carbocycles. The van der Waals surface area contributed by atoms with Crippen LogP contribution in [0.4, 0.5) is 0 Å². The minimum atomic E-state index is 0.240. The van der Waals surface area contributed by atoms with E-state index in [-0.39, 0.29) is 6.04 Å². The summed E-state index contributed by atoms with van der Waals surface area (Å²) in [6, 6.07) is 23.6. The molecule has 2 aliphatic rings. The summed E-state index contributed by atoms with van der Waals surface area (Å²) < 4.78 is 17.2. The Morgan fingerprint density at radius 1 is 0.848 bits per heavy atom. The first-order valence-electron chi connectivity index (χ1n) is 11.8. The summed E-state index contributed by atoms with van der Waals surface area (Å²) in [7, 11) is 3.38. The molecule has 0 spiro atoms. The first kappa shape index (κ1) is 21.6. The maximum Gasteiger partial charge on any atom is 0.161 e. The average Bonchev–Trinajstić information content (AvgIpc) is 2.88. The summed E-state index contributed by atoms with van der Waals surface area (Å²) in [4.78, 5) is 5.05. The average molecular weight is 442 g/mol. The normalized spacial score (nSPS) is 21.1. The molecule has 0 amide bonds. The molecule has 33 heavy (non-hydrogen) atoms. The third kappa shape index (κ3) is 4.47. The van der Waals surface area contributed by atoms with E-state index in [9.17, 15) is 0 Å². The standard InChI is InChI=1S/C29H31NO3/c1-31-27-17-22-19-30-29-24(12-7-13-25(29)26(22)18-28(27)32-2)21-10-6-11-23(16-21)33-15-14-20-8-4-3-5-9-20/h3-6,8-11,16-19,24-25,29H,7,12-15H2,1-2H3. The molecule has 0 N–H and O–H groups in total. The van der Waals surface area contributed by atoms with E-state index < -0.39 is 0 Å². The first-order chi connectivity index (χ1) is 16.3. The van der Waals surface area contributed by atoms with Gasteiger partial charge in [0.1, 0.15) is 5.75 Å². The van der Waals surface area contributed by atoms with E-state index in [0.717, 1.165) is 42.1 Å². The zero-order valence-corrected chi connectivity index (χ0v) is 19.4. The zero-order chi connectivity index (χ0) is 22.6. The molecule has 4 nitrogen and oxygen atoms in total. The van der Waals surface area contributed by atoms with Crippen molar-refractivity contribution in [1.82, 2.24) is 0 Å². The van der Waals surface area contributed by atoms with Gasteiger partial charge in [-0.15, -0.1) is 0 Å². The highest BCUT2D eigenvalue weighted by Gasteiger charge is 2.38. The van der Waals surface area contributed by atoms with Crippen molar-refractivity contribution in [2.75, 3.05) is 20.8 Å². The van der Waals surface area contributed by atoms with Crippen LogP contribution in [0.3, 0.4) is 0 Å². The van der Waals surface area contributed by atoms with Crippen LogP contribution in [-0.4, -0.2) is 33.1 Å². The second kappa shape index (κ2) is 9.70. The third-order valence-corrected chi connectivity index (χ3v) is 7.02. The number of ether oxygens (including phenoxy) is 3. The van der Waals surface area contributed by atoms with Crippen molar-refractivity contribution in [3.8, 4) is 17.2 Å². The predicted octanol–water partition coefficient (Wildman–Crippen LogP) is 6.18. The molecule has 1 heterocycles. The van der Waals surface area contributed by atoms with Crippen LogP contribution in [0, 0.1) is 0 Å². The van der Waals surface area contributed by atoms with E-state index in [1.807, 2.05) is 12.3 Å². The molecule has 4 heteroatoms. The summed E-state index contributed by atoms with van der Waals surface area (Å²) in [6.45, 7) is 0.678. The van der Waals surface area contributed by atoms with Crippen molar-refractivity contribution in [3.63, 3.8) is 0 Å². The maximum atomic E-state index is 6.12. The molecule has 3 unspecified atom stereocenters. The fraction of sp³-hybridized carbons (Fsp3) is 0.345. The number of nitrogens with zero attached hydrogens (tertiary/aromatic N) is 1. The maximum absolute atomic E-state index is 6.12. The number of fused-ring (bicyclic) bond motifs is 3. The smallest absolute Gasteiger partial charge is 0.161 e. The second-order valence-electron chi connectivity index (χ2n) is 8.91. The van der Waals surface area contributed by atoms with Gasteiger partial charge in [-0.2, -0.15) is 0 Å². The van der Waals surface area contributed by atoms with Crippen molar-refractivity contribution in [2.45, 2.75) is 43.6 Å². The van der Waals surface area contributed by atoms with E-state index in [1.54, 1.807) is 14.2 Å². The molecule has 0 aromatic heterocycles. The molecule has 5 rings (SSSR count). The van der Waals surface area contributed by atoms with E-state index >= 15 is 0 Å². The van der Waals surface area contributed by atoms with Gasteiger partial charge in [0, 0.05) is 24.5 Å². The topological polar surface area (TPSA) is 40.0 Å². The van der Waals surface area contributed by atoms with E-state index in [0.29, 0.717) is 18.4 Å². The van der Waals surface area contributed by atoms with Gasteiger partial charge in [0.05, 0.1) is 26.9 Å². The molecule has 1 saturated carbocycles. The molecular weight excluding hydrogens is 410 g/mol. The monoisotopic (exact) mass is 441 g/mol. The highest BCUT2D eigenvalue weighted by molar-refractivity contribution is 5.85. The number of methoxy groups -OCH3 is 2. The Balaban J connectivity index is 1.34. The minimum absolute atomic E-state index is 0.240. The van der Waals surface area contributed by atoms with Crippen molar-refractivity contribution in [2.24, 2.45) is 4.99 Å². The van der Waals surface area contributed by atoms with Gasteiger partial charge in [0.15, 0.2) is 11.5 Å². The minimum Gasteiger partial charge on any atom is -0.493 e. The number of rotatable bonds is 7. The van der Waals surface area contributed by atoms with Crippen LogP contribution in [0.2, 0.25) is 0 Å². The Morgan fingerprint density at radius 2 is 1.64 bits per heavy atom. The Kier molecular flexibility index (Phi) is 6.34. The zero-order valence-electron chi connectivity index (χ0n) is 19.4. The van der Waals surface area contributed by atoms with E-state index in [1.165, 1.54) is 23.1 Å². The van der Waals surface area contributed by atoms with Crippen molar-refractivity contribution in [1.29, 1.82) is 0 Å². The van der Waals surface area contributed by atoms with Gasteiger partial charge in [0.2, 0.25) is 0 Å². The Morgan fingerprint density at radius 3 is 2.45 bits per heavy atom. The molecule has 3 aromatic carbocycles. The molecule has 1 aliphatic heterocycles. The molecule has 0 radical (unpaired) electrons. The molecule has 0 bridgehead atoms. The first-order valence-corrected chi connectivity index (χ1v) is 11.8. The fourth-order valence-corrected chi connectivity index (χ4v) is 5.37. The van der Waals surface area contributed by atoms with Crippen LogP contribution in [0.15, 0.2) is 71.7 Å². The summed E-state index contributed by atoms with van der Waals surface area (Å²) in [5.41, 5.74) is 5.09. The number of benzene rings is 3. The highest BCUT2D eigenvalue weighted by Crippen LogP contribution is 2.48. The van der Waals surface area contributed by atoms with Crippen LogP contribution in [-0.2, 0) is 6.42 Å². The van der Waals surface area contributed by atoms with Gasteiger partial charge >= 0.3 is 0 Å². The van der Waals surface area contributed by atoms with Gasteiger partial charge in [-0.25, -0.2) is 0 Å². The lowest BCUT2D eigenvalue weighted by atomic mass is 9.69. The summed E-state index contributed by atoms with van der Waals surface area (Å²) in [6.07, 6.45) is 6.42. The van der Waals surface area contributed by atoms with Gasteiger partial charge in [-0.05, 0) is 59.4 Å². The lowest BCUT2D eigenvalue weighted by molar-refractivity contribution is 0.316. The van der Waals surface area contributed by atoms with Crippen LogP contribution < -0.4 is 14.2 Å². The van der Waals surface area contributed by atoms with Gasteiger partial charge in [0.25, 0.3) is 0 Å². The van der Waals surface area contributed by atoms with Gasteiger partial charge < -0.3 is 14.2 Å². The van der Waals surface area contributed by atoms with Gasteiger partial charge in [-0.3, -0.25) is 4.99 Å². The van der Waals surface area contributed by atoms with E-state index in [4.69, 9.17) is 19.2 Å². The SMILES string of the molecule is COc1cc2c(cc1OC)C1CCCC(c3cccc(OCCc4ccccc4)c3)C1N=C2. The second-order valence-corrected chi connectivity index (χ2v) is 8.91. The quantitative estimate of drug-likeness (QED) is 0.440. The van der Waals surface area contributed by atoms with Gasteiger partial charge in [-0.1, -0.05) is 48.9 Å². The Bertz CT molecular complexity index is 1120. The molecule has 3 atom stereocenters. The lowest BCUT2D eigenvalue weighted by Gasteiger charge is -2.39. The highest BCUT2D eigenvalue weighted by atomic mass is 16.5. The Labute approximate surface area is 196 Å². The summed E-state index contributed by atoms with van der Waals surface area (Å²) in [5.74, 6) is 3.28. The molecule has 3 aromatic rings. The lowest BCUT2D eigenvalue weighted by Crippen LogP contribution is -2.32.